The van der Waals surface area contributed by atoms with Crippen LogP contribution in [0.4, 0.5) is 0 Å². The maximum Gasteiger partial charge on any atom is 0.328 e. The van der Waals surface area contributed by atoms with Crippen LogP contribution in [-0.2, 0) is 25.7 Å². The number of nitrogens with one attached hydrogen (secondary N) is 1. The summed E-state index contributed by atoms with van der Waals surface area (Å²) in [6.07, 6.45) is 1.32. The fourth-order valence-corrected chi connectivity index (χ4v) is 1.98. The quantitative estimate of drug-likeness (QED) is 0.670. The van der Waals surface area contributed by atoms with Crippen molar-refractivity contribution in [3.63, 3.8) is 0 Å². The summed E-state index contributed by atoms with van der Waals surface area (Å²) in [6.45, 7) is 6.07. The molecule has 0 radical (unpaired) electrons. The Morgan fingerprint density at radius 3 is 2.58 bits per heavy atom. The van der Waals surface area contributed by atoms with E-state index in [0.717, 1.165) is 19.7 Å². The fraction of sp³-hybridized carbons (Fsp3) is 0.412. The minimum Gasteiger partial charge on any atom is -0.478 e. The van der Waals surface area contributed by atoms with E-state index in [2.05, 4.69) is 36.5 Å². The van der Waals surface area contributed by atoms with Crippen molar-refractivity contribution in [3.8, 4) is 0 Å². The van der Waals surface area contributed by atoms with Crippen LogP contribution in [0.5, 0.6) is 0 Å². The molecule has 0 spiro atoms. The number of aliphatic carboxylic acids is 2. The first-order valence-corrected chi connectivity index (χ1v) is 7.57. The van der Waals surface area contributed by atoms with Crippen LogP contribution in [0.25, 0.3) is 0 Å². The Balaban J connectivity index is 0.000000307. The molecule has 7 heteroatoms. The van der Waals surface area contributed by atoms with Crippen LogP contribution in [0.2, 0.25) is 0 Å². The molecule has 1 unspecified atom stereocenters. The summed E-state index contributed by atoms with van der Waals surface area (Å²) in [7, 11) is 0. The third kappa shape index (κ3) is 9.73. The molecule has 0 aliphatic carbocycles. The smallest absolute Gasteiger partial charge is 0.328 e. The third-order valence-corrected chi connectivity index (χ3v) is 3.03. The number of aryl methyl sites for hydroxylation is 1. The van der Waals surface area contributed by atoms with Gasteiger partial charge in [-0.2, -0.15) is 0 Å². The van der Waals surface area contributed by atoms with E-state index in [4.69, 9.17) is 19.7 Å². The van der Waals surface area contributed by atoms with Gasteiger partial charge in [-0.15, -0.1) is 0 Å². The molecule has 3 N–H and O–H groups in total. The highest BCUT2D eigenvalue weighted by atomic mass is 16.5. The number of carboxylic acid groups (broad SMARTS) is 2. The average Bonchev–Trinajstić information content (AvgIpc) is 2.55. The number of carbonyl (C=O) groups is 2. The standard InChI is InChI=1S/C13H19NO2.C4H4O4/c1-11-3-2-4-12(7-11)9-15-10-13-8-14-5-6-16-13;5-3(6)1-2-4(7)8/h2-4,7,13-14H,5-6,8-10H2,1H3;1-2H,(H,5,6)(H,7,8)/b;2-1-. The van der Waals surface area contributed by atoms with Crippen molar-refractivity contribution in [1.29, 1.82) is 0 Å². The van der Waals surface area contributed by atoms with Gasteiger partial charge in [-0.25, -0.2) is 9.59 Å². The molecule has 1 heterocycles. The first-order valence-electron chi connectivity index (χ1n) is 7.57. The van der Waals surface area contributed by atoms with Gasteiger partial charge >= 0.3 is 11.9 Å². The molecule has 1 saturated heterocycles. The molecule has 2 rings (SSSR count). The van der Waals surface area contributed by atoms with Crippen LogP contribution in [-0.4, -0.2) is 54.6 Å². The van der Waals surface area contributed by atoms with Gasteiger partial charge in [0.15, 0.2) is 0 Å². The van der Waals surface area contributed by atoms with Gasteiger partial charge in [0, 0.05) is 25.2 Å². The average molecular weight is 337 g/mol. The van der Waals surface area contributed by atoms with Gasteiger partial charge in [0.25, 0.3) is 0 Å². The fourth-order valence-electron chi connectivity index (χ4n) is 1.98. The molecular formula is C17H23NO6. The molecule has 1 aromatic rings. The van der Waals surface area contributed by atoms with E-state index in [1.54, 1.807) is 0 Å². The van der Waals surface area contributed by atoms with Gasteiger partial charge in [0.1, 0.15) is 0 Å². The van der Waals surface area contributed by atoms with Crippen LogP contribution < -0.4 is 5.32 Å². The van der Waals surface area contributed by atoms with Gasteiger partial charge in [-0.3, -0.25) is 0 Å². The highest BCUT2D eigenvalue weighted by Crippen LogP contribution is 2.06. The molecule has 132 valence electrons. The summed E-state index contributed by atoms with van der Waals surface area (Å²) < 4.78 is 11.2. The first kappa shape index (κ1) is 19.8. The van der Waals surface area contributed by atoms with Crippen molar-refractivity contribution in [2.75, 3.05) is 26.3 Å². The highest BCUT2D eigenvalue weighted by Gasteiger charge is 2.12. The van der Waals surface area contributed by atoms with Gasteiger partial charge in [0.2, 0.25) is 0 Å². The zero-order valence-corrected chi connectivity index (χ0v) is 13.6. The number of ether oxygens (including phenoxy) is 2. The van der Waals surface area contributed by atoms with Crippen LogP contribution >= 0.6 is 0 Å². The minimum atomic E-state index is -1.26. The second-order valence-corrected chi connectivity index (χ2v) is 5.21. The highest BCUT2D eigenvalue weighted by molar-refractivity contribution is 5.89. The van der Waals surface area contributed by atoms with E-state index >= 15 is 0 Å². The van der Waals surface area contributed by atoms with Crippen LogP contribution in [0.1, 0.15) is 11.1 Å². The van der Waals surface area contributed by atoms with Crippen molar-refractivity contribution < 1.29 is 29.3 Å². The predicted octanol–water partition coefficient (Wildman–Crippen LogP) is 1.21. The van der Waals surface area contributed by atoms with Crippen molar-refractivity contribution in [2.45, 2.75) is 19.6 Å². The maximum atomic E-state index is 9.55. The Morgan fingerprint density at radius 2 is 2.04 bits per heavy atom. The van der Waals surface area contributed by atoms with E-state index < -0.39 is 11.9 Å². The number of benzene rings is 1. The summed E-state index contributed by atoms with van der Waals surface area (Å²) in [6, 6.07) is 8.40. The Kier molecular flexibility index (Phi) is 9.36. The number of carboxylic acids is 2. The Hall–Kier alpha value is -2.22. The molecule has 1 aliphatic heterocycles. The van der Waals surface area contributed by atoms with Gasteiger partial charge in [0.05, 0.1) is 25.9 Å². The van der Waals surface area contributed by atoms with E-state index in [1.165, 1.54) is 11.1 Å². The number of hydrogen-bond donors (Lipinski definition) is 3. The molecule has 1 aliphatic rings. The number of morpholine rings is 1. The molecule has 1 atom stereocenters. The molecule has 1 fully saturated rings. The maximum absolute atomic E-state index is 9.55. The lowest BCUT2D eigenvalue weighted by Crippen LogP contribution is -2.40. The normalized spacial score (nSPS) is 17.1. The number of rotatable bonds is 6. The van der Waals surface area contributed by atoms with E-state index in [-0.39, 0.29) is 6.10 Å². The monoisotopic (exact) mass is 337 g/mol. The van der Waals surface area contributed by atoms with Gasteiger partial charge in [-0.1, -0.05) is 29.8 Å². The van der Waals surface area contributed by atoms with E-state index in [9.17, 15) is 9.59 Å². The van der Waals surface area contributed by atoms with Crippen molar-refractivity contribution in [2.24, 2.45) is 0 Å². The van der Waals surface area contributed by atoms with Gasteiger partial charge < -0.3 is 25.0 Å². The lowest BCUT2D eigenvalue weighted by Gasteiger charge is -2.23. The lowest BCUT2D eigenvalue weighted by atomic mass is 10.1. The molecular weight excluding hydrogens is 314 g/mol. The van der Waals surface area contributed by atoms with E-state index in [0.29, 0.717) is 25.4 Å². The topological polar surface area (TPSA) is 105 Å². The van der Waals surface area contributed by atoms with Gasteiger partial charge in [-0.05, 0) is 12.5 Å². The molecule has 24 heavy (non-hydrogen) atoms. The SMILES string of the molecule is Cc1cccc(COCC2CNCCO2)c1.O=C(O)/C=C\C(=O)O. The Morgan fingerprint density at radius 1 is 1.33 bits per heavy atom. The van der Waals surface area contributed by atoms with Crippen molar-refractivity contribution in [3.05, 3.63) is 47.5 Å². The zero-order chi connectivity index (χ0) is 17.8. The molecule has 0 aromatic heterocycles. The number of hydrogen-bond acceptors (Lipinski definition) is 5. The van der Waals surface area contributed by atoms with Crippen molar-refractivity contribution >= 4 is 11.9 Å². The largest absolute Gasteiger partial charge is 0.478 e. The van der Waals surface area contributed by atoms with E-state index in [1.807, 2.05) is 0 Å². The summed E-state index contributed by atoms with van der Waals surface area (Å²) >= 11 is 0. The Bertz CT molecular complexity index is 536. The summed E-state index contributed by atoms with van der Waals surface area (Å²) in [5, 5.41) is 18.9. The molecule has 7 nitrogen and oxygen atoms in total. The predicted molar refractivity (Wildman–Crippen MR) is 87.9 cm³/mol. The lowest BCUT2D eigenvalue weighted by molar-refractivity contribution is -0.134. The molecule has 0 amide bonds. The minimum absolute atomic E-state index is 0.207. The van der Waals surface area contributed by atoms with Crippen molar-refractivity contribution in [1.82, 2.24) is 5.32 Å². The third-order valence-electron chi connectivity index (χ3n) is 3.03. The molecule has 0 bridgehead atoms. The van der Waals surface area contributed by atoms with Crippen LogP contribution in [0.15, 0.2) is 36.4 Å². The summed E-state index contributed by atoms with van der Waals surface area (Å²) in [5.74, 6) is -2.51. The van der Waals surface area contributed by atoms with Crippen LogP contribution in [0.3, 0.4) is 0 Å². The molecule has 1 aromatic carbocycles. The summed E-state index contributed by atoms with van der Waals surface area (Å²) in [4.78, 5) is 19.1. The second-order valence-electron chi connectivity index (χ2n) is 5.21. The first-order chi connectivity index (χ1) is 11.5. The Labute approximate surface area is 140 Å². The molecule has 0 saturated carbocycles. The second kappa shape index (κ2) is 11.3. The zero-order valence-electron chi connectivity index (χ0n) is 13.6. The van der Waals surface area contributed by atoms with Crippen LogP contribution in [0, 0.1) is 6.92 Å². The summed E-state index contributed by atoms with van der Waals surface area (Å²) in [5.41, 5.74) is 2.50.